The summed E-state index contributed by atoms with van der Waals surface area (Å²) in [6, 6.07) is 14.9. The Hall–Kier alpha value is -2.86. The molecule has 1 heterocycles. The Balaban J connectivity index is 1.88. The van der Waals surface area contributed by atoms with E-state index in [0.717, 1.165) is 11.3 Å². The largest absolute Gasteiger partial charge is 0.325 e. The van der Waals surface area contributed by atoms with E-state index in [-0.39, 0.29) is 11.5 Å². The first-order chi connectivity index (χ1) is 13.0. The van der Waals surface area contributed by atoms with Gasteiger partial charge in [0.25, 0.3) is 5.56 Å². The number of amides is 1. The van der Waals surface area contributed by atoms with E-state index < -0.39 is 5.25 Å². The van der Waals surface area contributed by atoms with E-state index in [4.69, 9.17) is 0 Å². The van der Waals surface area contributed by atoms with Gasteiger partial charge in [0, 0.05) is 12.2 Å². The minimum absolute atomic E-state index is 0.130. The molecule has 0 radical (unpaired) electrons. The SMILES string of the molecule is C=CCn1c(SC(C)C(=O)Nc2cccc(C)c2)nc2ccccc2c1=O. The summed E-state index contributed by atoms with van der Waals surface area (Å²) in [7, 11) is 0. The fourth-order valence-corrected chi connectivity index (χ4v) is 3.62. The minimum Gasteiger partial charge on any atom is -0.325 e. The first-order valence-corrected chi connectivity index (χ1v) is 9.52. The summed E-state index contributed by atoms with van der Waals surface area (Å²) in [6.07, 6.45) is 1.65. The Morgan fingerprint density at radius 2 is 2.07 bits per heavy atom. The van der Waals surface area contributed by atoms with Crippen molar-refractivity contribution in [2.75, 3.05) is 5.32 Å². The number of fused-ring (bicyclic) bond motifs is 1. The molecule has 2 aromatic carbocycles. The maximum atomic E-state index is 12.8. The molecule has 0 fully saturated rings. The van der Waals surface area contributed by atoms with Gasteiger partial charge in [-0.25, -0.2) is 4.98 Å². The number of allylic oxidation sites excluding steroid dienone is 1. The Morgan fingerprint density at radius 3 is 2.81 bits per heavy atom. The summed E-state index contributed by atoms with van der Waals surface area (Å²) in [5.74, 6) is -0.141. The number of anilines is 1. The van der Waals surface area contributed by atoms with E-state index in [9.17, 15) is 9.59 Å². The second kappa shape index (κ2) is 8.22. The van der Waals surface area contributed by atoms with Crippen LogP contribution in [0.1, 0.15) is 12.5 Å². The van der Waals surface area contributed by atoms with Gasteiger partial charge in [-0.2, -0.15) is 0 Å². The number of para-hydroxylation sites is 1. The molecule has 3 aromatic rings. The van der Waals surface area contributed by atoms with Crippen molar-refractivity contribution < 1.29 is 4.79 Å². The molecule has 0 aliphatic carbocycles. The molecule has 138 valence electrons. The summed E-state index contributed by atoms with van der Waals surface area (Å²) in [6.45, 7) is 7.83. The van der Waals surface area contributed by atoms with Crippen LogP contribution < -0.4 is 10.9 Å². The monoisotopic (exact) mass is 379 g/mol. The van der Waals surface area contributed by atoms with Crippen LogP contribution >= 0.6 is 11.8 Å². The molecule has 0 bridgehead atoms. The van der Waals surface area contributed by atoms with Gasteiger partial charge in [-0.05, 0) is 43.7 Å². The average Bonchev–Trinajstić information content (AvgIpc) is 2.65. The van der Waals surface area contributed by atoms with E-state index in [1.54, 1.807) is 29.7 Å². The van der Waals surface area contributed by atoms with Crippen LogP contribution in [0.4, 0.5) is 5.69 Å². The van der Waals surface area contributed by atoms with Crippen LogP contribution in [0.25, 0.3) is 10.9 Å². The lowest BCUT2D eigenvalue weighted by Crippen LogP contribution is -2.26. The lowest BCUT2D eigenvalue weighted by Gasteiger charge is -2.15. The number of thioether (sulfide) groups is 1. The molecule has 0 spiro atoms. The van der Waals surface area contributed by atoms with Gasteiger partial charge in [0.15, 0.2) is 5.16 Å². The molecule has 6 heteroatoms. The number of aromatic nitrogens is 2. The number of rotatable bonds is 6. The first-order valence-electron chi connectivity index (χ1n) is 8.64. The molecular weight excluding hydrogens is 358 g/mol. The molecule has 27 heavy (non-hydrogen) atoms. The number of benzene rings is 2. The maximum Gasteiger partial charge on any atom is 0.262 e. The molecule has 0 aliphatic rings. The third kappa shape index (κ3) is 4.28. The Labute approximate surface area is 162 Å². The van der Waals surface area contributed by atoms with Crippen LogP contribution in [0.5, 0.6) is 0 Å². The molecular formula is C21H21N3O2S. The van der Waals surface area contributed by atoms with Crippen LogP contribution in [0.2, 0.25) is 0 Å². The molecule has 1 N–H and O–H groups in total. The highest BCUT2D eigenvalue weighted by molar-refractivity contribution is 8.00. The highest BCUT2D eigenvalue weighted by Crippen LogP contribution is 2.24. The van der Waals surface area contributed by atoms with Crippen molar-refractivity contribution in [1.82, 2.24) is 9.55 Å². The van der Waals surface area contributed by atoms with Crippen molar-refractivity contribution in [2.24, 2.45) is 0 Å². The van der Waals surface area contributed by atoms with Crippen molar-refractivity contribution >= 4 is 34.3 Å². The minimum atomic E-state index is -0.422. The normalized spacial score (nSPS) is 11.9. The van der Waals surface area contributed by atoms with Crippen molar-refractivity contribution in [2.45, 2.75) is 30.8 Å². The van der Waals surface area contributed by atoms with Crippen molar-refractivity contribution in [1.29, 1.82) is 0 Å². The van der Waals surface area contributed by atoms with E-state index in [1.165, 1.54) is 11.8 Å². The Bertz CT molecular complexity index is 1060. The molecule has 1 atom stereocenters. The Morgan fingerprint density at radius 1 is 1.30 bits per heavy atom. The van der Waals surface area contributed by atoms with Crippen molar-refractivity contribution in [3.63, 3.8) is 0 Å². The van der Waals surface area contributed by atoms with E-state index in [1.807, 2.05) is 43.3 Å². The number of carbonyl (C=O) groups is 1. The van der Waals surface area contributed by atoms with Crippen LogP contribution in [-0.2, 0) is 11.3 Å². The molecule has 1 unspecified atom stereocenters. The van der Waals surface area contributed by atoms with E-state index in [2.05, 4.69) is 16.9 Å². The van der Waals surface area contributed by atoms with Crippen LogP contribution in [-0.4, -0.2) is 20.7 Å². The third-order valence-electron chi connectivity index (χ3n) is 4.08. The van der Waals surface area contributed by atoms with E-state index in [0.29, 0.717) is 22.6 Å². The second-order valence-corrected chi connectivity index (χ2v) is 7.54. The lowest BCUT2D eigenvalue weighted by atomic mass is 10.2. The molecule has 5 nitrogen and oxygen atoms in total. The molecule has 1 amide bonds. The molecule has 0 saturated carbocycles. The first kappa shape index (κ1) is 18.9. The maximum absolute atomic E-state index is 12.8. The number of carbonyl (C=O) groups excluding carboxylic acids is 1. The molecule has 1 aromatic heterocycles. The van der Waals surface area contributed by atoms with Gasteiger partial charge in [0.05, 0.1) is 16.2 Å². The number of nitrogens with one attached hydrogen (secondary N) is 1. The zero-order valence-electron chi connectivity index (χ0n) is 15.3. The highest BCUT2D eigenvalue weighted by Gasteiger charge is 2.19. The van der Waals surface area contributed by atoms with Gasteiger partial charge in [0.1, 0.15) is 0 Å². The highest BCUT2D eigenvalue weighted by atomic mass is 32.2. The quantitative estimate of drug-likeness (QED) is 0.399. The van der Waals surface area contributed by atoms with Crippen LogP contribution in [0, 0.1) is 6.92 Å². The van der Waals surface area contributed by atoms with Gasteiger partial charge in [-0.3, -0.25) is 14.2 Å². The Kier molecular flexibility index (Phi) is 5.76. The number of nitrogens with zero attached hydrogens (tertiary/aromatic N) is 2. The summed E-state index contributed by atoms with van der Waals surface area (Å²) >= 11 is 1.26. The molecule has 0 saturated heterocycles. The predicted octanol–water partition coefficient (Wildman–Crippen LogP) is 4.01. The second-order valence-electron chi connectivity index (χ2n) is 6.23. The fourth-order valence-electron chi connectivity index (χ4n) is 2.71. The standard InChI is InChI=1S/C21H21N3O2S/c1-4-12-24-20(26)17-10-5-6-11-18(17)23-21(24)27-15(3)19(25)22-16-9-7-8-14(2)13-16/h4-11,13,15H,1,12H2,2-3H3,(H,22,25). The summed E-state index contributed by atoms with van der Waals surface area (Å²) in [5, 5.41) is 3.55. The predicted molar refractivity (Wildman–Crippen MR) is 111 cm³/mol. The topological polar surface area (TPSA) is 64.0 Å². The van der Waals surface area contributed by atoms with E-state index >= 15 is 0 Å². The smallest absolute Gasteiger partial charge is 0.262 e. The number of aryl methyl sites for hydroxylation is 1. The van der Waals surface area contributed by atoms with Crippen molar-refractivity contribution in [3.8, 4) is 0 Å². The number of hydrogen-bond acceptors (Lipinski definition) is 4. The van der Waals surface area contributed by atoms with Gasteiger partial charge in [0.2, 0.25) is 5.91 Å². The van der Waals surface area contributed by atoms with Gasteiger partial charge in [-0.15, -0.1) is 6.58 Å². The van der Waals surface area contributed by atoms with Gasteiger partial charge in [-0.1, -0.05) is 42.1 Å². The molecule has 3 rings (SSSR count). The third-order valence-corrected chi connectivity index (χ3v) is 5.17. The number of hydrogen-bond donors (Lipinski definition) is 1. The fraction of sp³-hybridized carbons (Fsp3) is 0.190. The zero-order chi connectivity index (χ0) is 19.4. The molecule has 0 aliphatic heterocycles. The summed E-state index contributed by atoms with van der Waals surface area (Å²) < 4.78 is 1.55. The zero-order valence-corrected chi connectivity index (χ0v) is 16.1. The van der Waals surface area contributed by atoms with Gasteiger partial charge >= 0.3 is 0 Å². The van der Waals surface area contributed by atoms with Crippen LogP contribution in [0.3, 0.4) is 0 Å². The summed E-state index contributed by atoms with van der Waals surface area (Å²) in [4.78, 5) is 30.0. The average molecular weight is 379 g/mol. The summed E-state index contributed by atoms with van der Waals surface area (Å²) in [5.41, 5.74) is 2.32. The van der Waals surface area contributed by atoms with Gasteiger partial charge < -0.3 is 5.32 Å². The lowest BCUT2D eigenvalue weighted by molar-refractivity contribution is -0.115. The van der Waals surface area contributed by atoms with Crippen molar-refractivity contribution in [3.05, 3.63) is 77.1 Å². The van der Waals surface area contributed by atoms with Crippen LogP contribution in [0.15, 0.2) is 71.1 Å².